The van der Waals surface area contributed by atoms with Gasteiger partial charge in [-0.05, 0) is 45.2 Å². The Morgan fingerprint density at radius 2 is 1.81 bits per heavy atom. The van der Waals surface area contributed by atoms with Crippen molar-refractivity contribution in [2.75, 3.05) is 18.0 Å². The van der Waals surface area contributed by atoms with Gasteiger partial charge < -0.3 is 9.64 Å². The Balaban J connectivity index is 1.62. The number of amides is 1. The van der Waals surface area contributed by atoms with E-state index in [1.165, 1.54) is 6.20 Å². The summed E-state index contributed by atoms with van der Waals surface area (Å²) in [5.74, 6) is 0.620. The highest BCUT2D eigenvalue weighted by Crippen LogP contribution is 2.35. The standard InChI is InChI=1S/C17H20Cl2N6O2/c1-17(2,3)27-16(26)25-9-4-5-10(25)8-24(7-9)14-12-13(22-15(19)23-14)21-11(18)6-20-12/h6,9-10H,4-5,7-8H2,1-3H3/t9-,10+. The van der Waals surface area contributed by atoms with E-state index in [4.69, 9.17) is 27.9 Å². The van der Waals surface area contributed by atoms with E-state index in [2.05, 4.69) is 24.8 Å². The third-order valence-corrected chi connectivity index (χ3v) is 5.07. The Hall–Kier alpha value is -1.93. The van der Waals surface area contributed by atoms with Crippen LogP contribution in [0.3, 0.4) is 0 Å². The van der Waals surface area contributed by atoms with Gasteiger partial charge >= 0.3 is 6.09 Å². The van der Waals surface area contributed by atoms with Crippen LogP contribution in [0.1, 0.15) is 33.6 Å². The number of fused-ring (bicyclic) bond motifs is 3. The Morgan fingerprint density at radius 3 is 2.44 bits per heavy atom. The molecule has 0 aliphatic carbocycles. The molecule has 0 N–H and O–H groups in total. The molecule has 2 aromatic heterocycles. The van der Waals surface area contributed by atoms with E-state index in [-0.39, 0.29) is 28.6 Å². The van der Waals surface area contributed by atoms with Gasteiger partial charge in [0.1, 0.15) is 10.8 Å². The van der Waals surface area contributed by atoms with Gasteiger partial charge in [-0.2, -0.15) is 9.97 Å². The lowest BCUT2D eigenvalue weighted by Gasteiger charge is -2.41. The number of piperazine rings is 1. The van der Waals surface area contributed by atoms with Crippen molar-refractivity contribution in [3.05, 3.63) is 16.6 Å². The number of hydrogen-bond acceptors (Lipinski definition) is 7. The molecule has 0 radical (unpaired) electrons. The maximum atomic E-state index is 12.6. The Morgan fingerprint density at radius 1 is 1.15 bits per heavy atom. The summed E-state index contributed by atoms with van der Waals surface area (Å²) in [4.78, 5) is 33.6. The largest absolute Gasteiger partial charge is 0.444 e. The summed E-state index contributed by atoms with van der Waals surface area (Å²) in [6.45, 7) is 6.89. The number of halogens is 2. The number of aromatic nitrogens is 4. The van der Waals surface area contributed by atoms with Crippen LogP contribution >= 0.6 is 23.2 Å². The molecule has 8 nitrogen and oxygen atoms in total. The number of rotatable bonds is 1. The summed E-state index contributed by atoms with van der Waals surface area (Å²) < 4.78 is 5.59. The summed E-state index contributed by atoms with van der Waals surface area (Å²) in [7, 11) is 0. The van der Waals surface area contributed by atoms with Crippen molar-refractivity contribution in [3.8, 4) is 0 Å². The van der Waals surface area contributed by atoms with Crippen LogP contribution in [0, 0.1) is 0 Å². The monoisotopic (exact) mass is 410 g/mol. The minimum absolute atomic E-state index is 0.0580. The molecule has 1 amide bonds. The topological polar surface area (TPSA) is 84.3 Å². The average molecular weight is 411 g/mol. The first kappa shape index (κ1) is 18.4. The summed E-state index contributed by atoms with van der Waals surface area (Å²) in [6.07, 6.45) is 3.06. The van der Waals surface area contributed by atoms with Crippen molar-refractivity contribution in [1.29, 1.82) is 0 Å². The maximum Gasteiger partial charge on any atom is 0.410 e. The van der Waals surface area contributed by atoms with Crippen molar-refractivity contribution in [2.24, 2.45) is 0 Å². The molecular weight excluding hydrogens is 391 g/mol. The highest BCUT2D eigenvalue weighted by molar-refractivity contribution is 6.30. The predicted octanol–water partition coefficient (Wildman–Crippen LogP) is 3.31. The first-order chi connectivity index (χ1) is 12.7. The lowest BCUT2D eigenvalue weighted by atomic mass is 10.2. The van der Waals surface area contributed by atoms with E-state index in [1.807, 2.05) is 25.7 Å². The van der Waals surface area contributed by atoms with Crippen LogP contribution in [0.25, 0.3) is 11.2 Å². The molecule has 2 saturated heterocycles. The van der Waals surface area contributed by atoms with Gasteiger partial charge in [0, 0.05) is 13.1 Å². The van der Waals surface area contributed by atoms with Crippen LogP contribution < -0.4 is 4.90 Å². The fourth-order valence-corrected chi connectivity index (χ4v) is 4.05. The molecule has 0 spiro atoms. The van der Waals surface area contributed by atoms with E-state index in [9.17, 15) is 4.79 Å². The molecule has 2 atom stereocenters. The summed E-state index contributed by atoms with van der Waals surface area (Å²) in [5.41, 5.74) is 0.396. The van der Waals surface area contributed by atoms with E-state index >= 15 is 0 Å². The zero-order valence-electron chi connectivity index (χ0n) is 15.3. The minimum Gasteiger partial charge on any atom is -0.444 e. The summed E-state index contributed by atoms with van der Waals surface area (Å²) in [6, 6.07) is 0.116. The van der Waals surface area contributed by atoms with Gasteiger partial charge in [0.2, 0.25) is 5.28 Å². The second kappa shape index (κ2) is 6.60. The molecule has 2 fully saturated rings. The SMILES string of the molecule is CC(C)(C)OC(=O)N1[C@@H]2CC[C@H]1CN(c1nc(Cl)nc3nc(Cl)cnc13)C2. The number of carbonyl (C=O) groups is 1. The van der Waals surface area contributed by atoms with Crippen molar-refractivity contribution < 1.29 is 9.53 Å². The molecule has 2 aliphatic rings. The quantitative estimate of drug-likeness (QED) is 0.666. The number of anilines is 1. The zero-order valence-corrected chi connectivity index (χ0v) is 16.8. The minimum atomic E-state index is -0.515. The number of nitrogens with zero attached hydrogens (tertiary/aromatic N) is 6. The number of carbonyl (C=O) groups excluding carboxylic acids is 1. The highest BCUT2D eigenvalue weighted by atomic mass is 35.5. The van der Waals surface area contributed by atoms with E-state index < -0.39 is 5.60 Å². The Labute approximate surface area is 166 Å². The summed E-state index contributed by atoms with van der Waals surface area (Å²) >= 11 is 12.0. The van der Waals surface area contributed by atoms with Crippen molar-refractivity contribution in [1.82, 2.24) is 24.8 Å². The predicted molar refractivity (Wildman–Crippen MR) is 102 cm³/mol. The van der Waals surface area contributed by atoms with Gasteiger partial charge in [-0.25, -0.2) is 14.8 Å². The molecule has 27 heavy (non-hydrogen) atoms. The second-order valence-electron chi connectivity index (χ2n) is 7.86. The van der Waals surface area contributed by atoms with E-state index in [0.717, 1.165) is 12.8 Å². The third-order valence-electron chi connectivity index (χ3n) is 4.72. The molecule has 2 aliphatic heterocycles. The van der Waals surface area contributed by atoms with Crippen LogP contribution in [0.5, 0.6) is 0 Å². The van der Waals surface area contributed by atoms with Gasteiger partial charge in [0.05, 0.1) is 18.3 Å². The highest BCUT2D eigenvalue weighted by Gasteiger charge is 2.45. The van der Waals surface area contributed by atoms with Crippen molar-refractivity contribution >= 4 is 46.3 Å². The van der Waals surface area contributed by atoms with Crippen molar-refractivity contribution in [2.45, 2.75) is 51.3 Å². The van der Waals surface area contributed by atoms with Gasteiger partial charge in [0.25, 0.3) is 0 Å². The van der Waals surface area contributed by atoms with Crippen LogP contribution in [0.2, 0.25) is 10.4 Å². The lowest BCUT2D eigenvalue weighted by molar-refractivity contribution is 0.0123. The maximum absolute atomic E-state index is 12.6. The summed E-state index contributed by atoms with van der Waals surface area (Å²) in [5, 5.41) is 0.342. The van der Waals surface area contributed by atoms with Crippen molar-refractivity contribution in [3.63, 3.8) is 0 Å². The van der Waals surface area contributed by atoms with Crippen LogP contribution in [0.4, 0.5) is 10.6 Å². The number of ether oxygens (including phenoxy) is 1. The fourth-order valence-electron chi connectivity index (χ4n) is 3.76. The van der Waals surface area contributed by atoms with Crippen LogP contribution in [-0.2, 0) is 4.74 Å². The molecule has 4 rings (SSSR count). The molecule has 144 valence electrons. The average Bonchev–Trinajstić information content (AvgIpc) is 2.82. The van der Waals surface area contributed by atoms with Gasteiger partial charge in [-0.1, -0.05) is 11.6 Å². The van der Waals surface area contributed by atoms with Gasteiger partial charge in [-0.3, -0.25) is 4.90 Å². The molecule has 10 heteroatoms. The Kier molecular flexibility index (Phi) is 4.50. The normalized spacial score (nSPS) is 22.4. The first-order valence-electron chi connectivity index (χ1n) is 8.83. The Bertz CT molecular complexity index is 884. The van der Waals surface area contributed by atoms with E-state index in [1.54, 1.807) is 0 Å². The molecule has 0 unspecified atom stereocenters. The molecule has 0 aromatic carbocycles. The smallest absolute Gasteiger partial charge is 0.410 e. The molecule has 0 saturated carbocycles. The molecule has 2 bridgehead atoms. The first-order valence-corrected chi connectivity index (χ1v) is 9.59. The third kappa shape index (κ3) is 3.60. The van der Waals surface area contributed by atoms with Crippen LogP contribution in [-0.4, -0.2) is 61.7 Å². The van der Waals surface area contributed by atoms with E-state index in [0.29, 0.717) is 30.1 Å². The number of hydrogen-bond donors (Lipinski definition) is 0. The van der Waals surface area contributed by atoms with Gasteiger partial charge in [-0.15, -0.1) is 0 Å². The second-order valence-corrected chi connectivity index (χ2v) is 8.58. The van der Waals surface area contributed by atoms with Gasteiger partial charge in [0.15, 0.2) is 17.0 Å². The zero-order chi connectivity index (χ0) is 19.3. The van der Waals surface area contributed by atoms with Crippen LogP contribution in [0.15, 0.2) is 6.20 Å². The molecule has 4 heterocycles. The molecular formula is C17H20Cl2N6O2. The fraction of sp³-hybridized carbons (Fsp3) is 0.588. The lowest BCUT2D eigenvalue weighted by Crippen LogP contribution is -2.57. The molecule has 2 aromatic rings.